The van der Waals surface area contributed by atoms with E-state index in [0.717, 1.165) is 11.1 Å². The summed E-state index contributed by atoms with van der Waals surface area (Å²) in [5.74, 6) is 0.649. The third-order valence-corrected chi connectivity index (χ3v) is 4.79. The molecule has 1 N–H and O–H groups in total. The Hall–Kier alpha value is -3.60. The molecule has 0 saturated carbocycles. The summed E-state index contributed by atoms with van der Waals surface area (Å²) in [5, 5.41) is 2.90. The molecule has 0 saturated heterocycles. The van der Waals surface area contributed by atoms with Gasteiger partial charge in [0.1, 0.15) is 13.2 Å². The van der Waals surface area contributed by atoms with Gasteiger partial charge in [-0.1, -0.05) is 48.0 Å². The molecule has 1 aliphatic heterocycles. The van der Waals surface area contributed by atoms with Crippen LogP contribution < -0.4 is 14.8 Å². The highest BCUT2D eigenvalue weighted by Crippen LogP contribution is 2.31. The molecular formula is C24H21NO4. The fourth-order valence-corrected chi connectivity index (χ4v) is 3.20. The summed E-state index contributed by atoms with van der Waals surface area (Å²) in [6.07, 6.45) is 0. The van der Waals surface area contributed by atoms with Crippen molar-refractivity contribution in [1.82, 2.24) is 5.32 Å². The van der Waals surface area contributed by atoms with E-state index < -0.39 is 0 Å². The molecule has 4 rings (SSSR count). The average Bonchev–Trinajstić information content (AvgIpc) is 2.77. The van der Waals surface area contributed by atoms with E-state index in [9.17, 15) is 9.59 Å². The molecule has 5 nitrogen and oxygen atoms in total. The third-order valence-electron chi connectivity index (χ3n) is 4.79. The summed E-state index contributed by atoms with van der Waals surface area (Å²) >= 11 is 0. The predicted molar refractivity (Wildman–Crippen MR) is 110 cm³/mol. The van der Waals surface area contributed by atoms with Crippen LogP contribution in [0.1, 0.15) is 37.4 Å². The number of nitrogens with one attached hydrogen (secondary N) is 1. The van der Waals surface area contributed by atoms with Crippen molar-refractivity contribution in [3.8, 4) is 11.5 Å². The molecule has 1 aliphatic rings. The van der Waals surface area contributed by atoms with Crippen molar-refractivity contribution in [2.75, 3.05) is 13.2 Å². The molecule has 0 fully saturated rings. The molecule has 0 spiro atoms. The molecule has 0 bridgehead atoms. The van der Waals surface area contributed by atoms with E-state index in [1.165, 1.54) is 0 Å². The van der Waals surface area contributed by atoms with E-state index >= 15 is 0 Å². The van der Waals surface area contributed by atoms with Gasteiger partial charge in [-0.05, 0) is 36.8 Å². The molecule has 0 aliphatic carbocycles. The lowest BCUT2D eigenvalue weighted by molar-refractivity contribution is 0.0939. The van der Waals surface area contributed by atoms with E-state index in [1.807, 2.05) is 31.2 Å². The van der Waals surface area contributed by atoms with E-state index in [2.05, 4.69) is 5.32 Å². The Morgan fingerprint density at radius 3 is 2.31 bits per heavy atom. The zero-order valence-electron chi connectivity index (χ0n) is 16.1. The summed E-state index contributed by atoms with van der Waals surface area (Å²) in [7, 11) is 0. The minimum absolute atomic E-state index is 0.233. The van der Waals surface area contributed by atoms with Crippen LogP contribution in [0.25, 0.3) is 0 Å². The maximum Gasteiger partial charge on any atom is 0.252 e. The summed E-state index contributed by atoms with van der Waals surface area (Å²) in [6, 6.07) is 19.9. The highest BCUT2D eigenvalue weighted by Gasteiger charge is 2.20. The van der Waals surface area contributed by atoms with Crippen LogP contribution >= 0.6 is 0 Å². The minimum Gasteiger partial charge on any atom is -0.486 e. The van der Waals surface area contributed by atoms with Crippen molar-refractivity contribution in [3.05, 3.63) is 94.5 Å². The Kier molecular flexibility index (Phi) is 5.29. The number of hydrogen-bond acceptors (Lipinski definition) is 4. The van der Waals surface area contributed by atoms with Gasteiger partial charge < -0.3 is 14.8 Å². The lowest BCUT2D eigenvalue weighted by atomic mass is 9.97. The standard InChI is InChI=1S/C24H21NO4/c1-16-6-8-17(9-7-16)15-25-24(27)20-5-3-2-4-19(20)23(26)18-10-11-21-22(14-18)29-13-12-28-21/h2-11,14H,12-13,15H2,1H3,(H,25,27). The number of carbonyl (C=O) groups is 2. The second-order valence-electron chi connectivity index (χ2n) is 6.90. The Balaban J connectivity index is 1.55. The molecule has 0 atom stereocenters. The Bertz CT molecular complexity index is 1060. The highest BCUT2D eigenvalue weighted by atomic mass is 16.6. The molecule has 0 radical (unpaired) electrons. The minimum atomic E-state index is -0.285. The molecule has 3 aromatic carbocycles. The maximum atomic E-state index is 13.1. The zero-order valence-corrected chi connectivity index (χ0v) is 16.1. The first-order valence-electron chi connectivity index (χ1n) is 9.49. The van der Waals surface area contributed by atoms with Crippen molar-refractivity contribution in [3.63, 3.8) is 0 Å². The average molecular weight is 387 g/mol. The predicted octanol–water partition coefficient (Wildman–Crippen LogP) is 3.93. The van der Waals surface area contributed by atoms with E-state index in [0.29, 0.717) is 47.9 Å². The normalized spacial score (nSPS) is 12.3. The zero-order chi connectivity index (χ0) is 20.2. The fraction of sp³-hybridized carbons (Fsp3) is 0.167. The first kappa shape index (κ1) is 18.7. The van der Waals surface area contributed by atoms with Crippen LogP contribution in [-0.2, 0) is 6.54 Å². The van der Waals surface area contributed by atoms with Gasteiger partial charge in [-0.3, -0.25) is 9.59 Å². The largest absolute Gasteiger partial charge is 0.486 e. The highest BCUT2D eigenvalue weighted by molar-refractivity contribution is 6.15. The number of benzene rings is 3. The number of amides is 1. The molecule has 29 heavy (non-hydrogen) atoms. The van der Waals surface area contributed by atoms with E-state index in [1.54, 1.807) is 42.5 Å². The van der Waals surface area contributed by atoms with Crippen LogP contribution in [0.4, 0.5) is 0 Å². The van der Waals surface area contributed by atoms with Gasteiger partial charge in [-0.15, -0.1) is 0 Å². The van der Waals surface area contributed by atoms with Crippen molar-refractivity contribution in [2.45, 2.75) is 13.5 Å². The smallest absolute Gasteiger partial charge is 0.252 e. The second kappa shape index (κ2) is 8.19. The molecule has 3 aromatic rings. The topological polar surface area (TPSA) is 64.6 Å². The molecule has 1 amide bonds. The Morgan fingerprint density at radius 2 is 1.55 bits per heavy atom. The molecule has 146 valence electrons. The SMILES string of the molecule is Cc1ccc(CNC(=O)c2ccccc2C(=O)c2ccc3c(c2)OCCO3)cc1. The molecular weight excluding hydrogens is 366 g/mol. The number of ether oxygens (including phenoxy) is 2. The fourth-order valence-electron chi connectivity index (χ4n) is 3.20. The van der Waals surface area contributed by atoms with Gasteiger partial charge in [0.2, 0.25) is 0 Å². The van der Waals surface area contributed by atoms with Crippen molar-refractivity contribution >= 4 is 11.7 Å². The lowest BCUT2D eigenvalue weighted by Crippen LogP contribution is -2.25. The van der Waals surface area contributed by atoms with Crippen LogP contribution in [0.2, 0.25) is 0 Å². The number of rotatable bonds is 5. The second-order valence-corrected chi connectivity index (χ2v) is 6.90. The molecule has 1 heterocycles. The number of fused-ring (bicyclic) bond motifs is 1. The quantitative estimate of drug-likeness (QED) is 0.674. The lowest BCUT2D eigenvalue weighted by Gasteiger charge is -2.18. The van der Waals surface area contributed by atoms with Gasteiger partial charge in [-0.25, -0.2) is 0 Å². The molecule has 0 aromatic heterocycles. The van der Waals surface area contributed by atoms with Crippen LogP contribution in [0, 0.1) is 6.92 Å². The van der Waals surface area contributed by atoms with Crippen LogP contribution in [0.3, 0.4) is 0 Å². The van der Waals surface area contributed by atoms with Gasteiger partial charge >= 0.3 is 0 Å². The number of hydrogen-bond donors (Lipinski definition) is 1. The number of aryl methyl sites for hydroxylation is 1. The van der Waals surface area contributed by atoms with Crippen molar-refractivity contribution < 1.29 is 19.1 Å². The van der Waals surface area contributed by atoms with Crippen molar-refractivity contribution in [1.29, 1.82) is 0 Å². The van der Waals surface area contributed by atoms with Crippen LogP contribution in [-0.4, -0.2) is 24.9 Å². The maximum absolute atomic E-state index is 13.1. The van der Waals surface area contributed by atoms with Crippen molar-refractivity contribution in [2.24, 2.45) is 0 Å². The Morgan fingerprint density at radius 1 is 0.862 bits per heavy atom. The van der Waals surface area contributed by atoms with Crippen LogP contribution in [0.5, 0.6) is 11.5 Å². The summed E-state index contributed by atoms with van der Waals surface area (Å²) in [6.45, 7) is 3.35. The van der Waals surface area contributed by atoms with Crippen LogP contribution in [0.15, 0.2) is 66.7 Å². The molecule has 5 heteroatoms. The van der Waals surface area contributed by atoms with Gasteiger partial charge in [0, 0.05) is 17.7 Å². The first-order valence-corrected chi connectivity index (χ1v) is 9.49. The Labute approximate surface area is 169 Å². The molecule has 0 unspecified atom stereocenters. The first-order chi connectivity index (χ1) is 14.1. The van der Waals surface area contributed by atoms with Gasteiger partial charge in [0.15, 0.2) is 17.3 Å². The summed E-state index contributed by atoms with van der Waals surface area (Å²) in [4.78, 5) is 25.9. The third kappa shape index (κ3) is 4.14. The van der Waals surface area contributed by atoms with E-state index in [4.69, 9.17) is 9.47 Å². The van der Waals surface area contributed by atoms with E-state index in [-0.39, 0.29) is 11.7 Å². The summed E-state index contributed by atoms with van der Waals surface area (Å²) < 4.78 is 11.1. The van der Waals surface area contributed by atoms with Gasteiger partial charge in [0.05, 0.1) is 5.56 Å². The number of ketones is 1. The monoisotopic (exact) mass is 387 g/mol. The summed E-state index contributed by atoms with van der Waals surface area (Å²) in [5.41, 5.74) is 3.31. The number of carbonyl (C=O) groups excluding carboxylic acids is 2. The van der Waals surface area contributed by atoms with Gasteiger partial charge in [0.25, 0.3) is 5.91 Å². The van der Waals surface area contributed by atoms with Gasteiger partial charge in [-0.2, -0.15) is 0 Å².